The van der Waals surface area contributed by atoms with Crippen molar-refractivity contribution in [3.05, 3.63) is 58.4 Å². The highest BCUT2D eigenvalue weighted by atomic mass is 35.5. The summed E-state index contributed by atoms with van der Waals surface area (Å²) in [6.45, 7) is 4.62. The van der Waals surface area contributed by atoms with Crippen molar-refractivity contribution in [1.82, 2.24) is 9.88 Å². The van der Waals surface area contributed by atoms with Crippen molar-refractivity contribution >= 4 is 29.1 Å². The smallest absolute Gasteiger partial charge is 0.272 e. The van der Waals surface area contributed by atoms with Gasteiger partial charge in [0.2, 0.25) is 0 Å². The van der Waals surface area contributed by atoms with E-state index in [0.29, 0.717) is 22.8 Å². The van der Waals surface area contributed by atoms with Gasteiger partial charge in [-0.15, -0.1) is 0 Å². The predicted octanol–water partition coefficient (Wildman–Crippen LogP) is 4.17. The van der Waals surface area contributed by atoms with Crippen LogP contribution in [0.5, 0.6) is 0 Å². The number of halogens is 1. The Morgan fingerprint density at radius 1 is 1.24 bits per heavy atom. The molecule has 0 spiro atoms. The van der Waals surface area contributed by atoms with Crippen molar-refractivity contribution in [1.29, 1.82) is 0 Å². The summed E-state index contributed by atoms with van der Waals surface area (Å²) in [5.41, 5.74) is 2.18. The van der Waals surface area contributed by atoms with Gasteiger partial charge in [-0.25, -0.2) is 0 Å². The lowest BCUT2D eigenvalue weighted by molar-refractivity contribution is 0.0787. The molecule has 0 saturated heterocycles. The average Bonchev–Trinajstić information content (AvgIpc) is 2.62. The molecule has 0 atom stereocenters. The number of carbonyl (C=O) groups is 2. The van der Waals surface area contributed by atoms with Gasteiger partial charge in [-0.05, 0) is 43.2 Å². The number of pyridine rings is 1. The molecule has 1 heterocycles. The zero-order chi connectivity index (χ0) is 18.4. The average molecular weight is 360 g/mol. The maximum Gasteiger partial charge on any atom is 0.272 e. The maximum absolute atomic E-state index is 12.5. The molecule has 6 heteroatoms. The Morgan fingerprint density at radius 2 is 2.00 bits per heavy atom. The molecule has 25 heavy (non-hydrogen) atoms. The van der Waals surface area contributed by atoms with Gasteiger partial charge in [0.05, 0.1) is 0 Å². The van der Waals surface area contributed by atoms with E-state index >= 15 is 0 Å². The second kappa shape index (κ2) is 8.62. The number of unbranched alkanes of at least 4 members (excludes halogenated alkanes) is 1. The Morgan fingerprint density at radius 3 is 2.72 bits per heavy atom. The van der Waals surface area contributed by atoms with Crippen LogP contribution in [0.3, 0.4) is 0 Å². The quantitative estimate of drug-likeness (QED) is 0.842. The summed E-state index contributed by atoms with van der Waals surface area (Å²) < 4.78 is 0. The number of anilines is 1. The summed E-state index contributed by atoms with van der Waals surface area (Å²) in [5.74, 6) is -0.500. The molecule has 2 aromatic rings. The molecule has 0 saturated carbocycles. The van der Waals surface area contributed by atoms with Gasteiger partial charge in [-0.1, -0.05) is 31.0 Å². The molecule has 0 fully saturated rings. The Balaban J connectivity index is 2.16. The lowest BCUT2D eigenvalue weighted by atomic mass is 10.1. The molecule has 0 unspecified atom stereocenters. The van der Waals surface area contributed by atoms with Gasteiger partial charge in [-0.3, -0.25) is 14.6 Å². The third-order valence-electron chi connectivity index (χ3n) is 3.88. The minimum Gasteiger partial charge on any atom is -0.340 e. The van der Waals surface area contributed by atoms with Gasteiger partial charge in [0.1, 0.15) is 5.69 Å². The summed E-state index contributed by atoms with van der Waals surface area (Å²) in [7, 11) is 1.74. The number of hydrogen-bond donors (Lipinski definition) is 1. The highest BCUT2D eigenvalue weighted by Gasteiger charge is 2.16. The number of amides is 2. The van der Waals surface area contributed by atoms with E-state index in [-0.39, 0.29) is 17.5 Å². The molecule has 0 aliphatic rings. The molecule has 0 bridgehead atoms. The molecule has 1 aromatic heterocycles. The number of aryl methyl sites for hydroxylation is 1. The SMILES string of the molecule is CCCCN(C)C(=O)c1cc(C(=O)Nc2cc(Cl)ccc2C)ccn1. The number of hydrogen-bond acceptors (Lipinski definition) is 3. The Labute approximate surface area is 153 Å². The zero-order valence-electron chi connectivity index (χ0n) is 14.7. The molecule has 1 aromatic carbocycles. The van der Waals surface area contributed by atoms with E-state index in [1.807, 2.05) is 13.0 Å². The Bertz CT molecular complexity index is 777. The van der Waals surface area contributed by atoms with Crippen LogP contribution in [0.15, 0.2) is 36.5 Å². The third-order valence-corrected chi connectivity index (χ3v) is 4.12. The monoisotopic (exact) mass is 359 g/mol. The molecule has 132 valence electrons. The van der Waals surface area contributed by atoms with Crippen molar-refractivity contribution in [2.45, 2.75) is 26.7 Å². The summed E-state index contributed by atoms with van der Waals surface area (Å²) in [4.78, 5) is 30.6. The van der Waals surface area contributed by atoms with E-state index in [4.69, 9.17) is 11.6 Å². The first-order valence-corrected chi connectivity index (χ1v) is 8.59. The molecule has 5 nitrogen and oxygen atoms in total. The second-order valence-electron chi connectivity index (χ2n) is 5.92. The molecular formula is C19H22ClN3O2. The summed E-state index contributed by atoms with van der Waals surface area (Å²) in [5, 5.41) is 3.37. The van der Waals surface area contributed by atoms with Crippen LogP contribution in [0, 0.1) is 6.92 Å². The number of nitrogens with zero attached hydrogens (tertiary/aromatic N) is 2. The summed E-state index contributed by atoms with van der Waals surface area (Å²) >= 11 is 5.98. The van der Waals surface area contributed by atoms with Crippen LogP contribution < -0.4 is 5.32 Å². The topological polar surface area (TPSA) is 62.3 Å². The predicted molar refractivity (Wildman–Crippen MR) is 100 cm³/mol. The fourth-order valence-corrected chi connectivity index (χ4v) is 2.48. The highest BCUT2D eigenvalue weighted by Crippen LogP contribution is 2.21. The molecule has 2 rings (SSSR count). The van der Waals surface area contributed by atoms with Gasteiger partial charge in [0.25, 0.3) is 11.8 Å². The lowest BCUT2D eigenvalue weighted by Crippen LogP contribution is -2.28. The van der Waals surface area contributed by atoms with Crippen molar-refractivity contribution in [3.63, 3.8) is 0 Å². The van der Waals surface area contributed by atoms with Gasteiger partial charge >= 0.3 is 0 Å². The van der Waals surface area contributed by atoms with Crippen LogP contribution in [-0.4, -0.2) is 35.3 Å². The van der Waals surface area contributed by atoms with Gasteiger partial charge < -0.3 is 10.2 Å². The zero-order valence-corrected chi connectivity index (χ0v) is 15.4. The van der Waals surface area contributed by atoms with Crippen molar-refractivity contribution in [3.8, 4) is 0 Å². The Kier molecular flexibility index (Phi) is 6.53. The molecule has 0 radical (unpaired) electrons. The summed E-state index contributed by atoms with van der Waals surface area (Å²) in [6, 6.07) is 8.39. The van der Waals surface area contributed by atoms with Crippen LogP contribution in [0.25, 0.3) is 0 Å². The number of nitrogens with one attached hydrogen (secondary N) is 1. The third kappa shape index (κ3) is 5.03. The van der Waals surface area contributed by atoms with E-state index in [0.717, 1.165) is 18.4 Å². The van der Waals surface area contributed by atoms with E-state index in [1.165, 1.54) is 12.3 Å². The standard InChI is InChI=1S/C19H22ClN3O2/c1-4-5-10-23(3)19(25)17-11-14(8-9-21-17)18(24)22-16-12-15(20)7-6-13(16)2/h6-9,11-12H,4-5,10H2,1-3H3,(H,22,24). The Hall–Kier alpha value is -2.40. The minimum absolute atomic E-state index is 0.193. The van der Waals surface area contributed by atoms with Crippen LogP contribution >= 0.6 is 11.6 Å². The van der Waals surface area contributed by atoms with Gasteiger partial charge in [0, 0.05) is 36.1 Å². The summed E-state index contributed by atoms with van der Waals surface area (Å²) in [6.07, 6.45) is 3.41. The molecule has 2 amide bonds. The fraction of sp³-hybridized carbons (Fsp3) is 0.316. The van der Waals surface area contributed by atoms with Crippen LogP contribution in [0.4, 0.5) is 5.69 Å². The highest BCUT2D eigenvalue weighted by molar-refractivity contribution is 6.31. The van der Waals surface area contributed by atoms with Crippen molar-refractivity contribution < 1.29 is 9.59 Å². The first-order valence-electron chi connectivity index (χ1n) is 8.21. The van der Waals surface area contributed by atoms with Crippen molar-refractivity contribution in [2.75, 3.05) is 18.9 Å². The molecule has 0 aliphatic heterocycles. The fourth-order valence-electron chi connectivity index (χ4n) is 2.30. The molecular weight excluding hydrogens is 338 g/mol. The largest absolute Gasteiger partial charge is 0.340 e. The number of aromatic nitrogens is 1. The first kappa shape index (κ1) is 18.9. The number of benzene rings is 1. The van der Waals surface area contributed by atoms with E-state index in [1.54, 1.807) is 30.1 Å². The van der Waals surface area contributed by atoms with E-state index < -0.39 is 0 Å². The van der Waals surface area contributed by atoms with Crippen molar-refractivity contribution in [2.24, 2.45) is 0 Å². The second-order valence-corrected chi connectivity index (χ2v) is 6.36. The first-order chi connectivity index (χ1) is 11.9. The van der Waals surface area contributed by atoms with Crippen LogP contribution in [0.1, 0.15) is 46.2 Å². The minimum atomic E-state index is -0.307. The normalized spacial score (nSPS) is 10.4. The van der Waals surface area contributed by atoms with Crippen LogP contribution in [-0.2, 0) is 0 Å². The van der Waals surface area contributed by atoms with E-state index in [9.17, 15) is 9.59 Å². The van der Waals surface area contributed by atoms with Crippen LogP contribution in [0.2, 0.25) is 5.02 Å². The van der Waals surface area contributed by atoms with Gasteiger partial charge in [0.15, 0.2) is 0 Å². The lowest BCUT2D eigenvalue weighted by Gasteiger charge is -2.16. The van der Waals surface area contributed by atoms with Gasteiger partial charge in [-0.2, -0.15) is 0 Å². The maximum atomic E-state index is 12.5. The number of rotatable bonds is 6. The molecule has 0 aliphatic carbocycles. The number of carbonyl (C=O) groups excluding carboxylic acids is 2. The van der Waals surface area contributed by atoms with E-state index in [2.05, 4.69) is 17.2 Å². The molecule has 1 N–H and O–H groups in total.